The predicted molar refractivity (Wildman–Crippen MR) is 126 cm³/mol. The second-order valence-corrected chi connectivity index (χ2v) is 8.37. The zero-order valence-corrected chi connectivity index (χ0v) is 20.2. The number of rotatable bonds is 4. The Morgan fingerprint density at radius 1 is 1.18 bits per heavy atom. The number of hydrogen-bond acceptors (Lipinski definition) is 6. The zero-order chi connectivity index (χ0) is 24.2. The van der Waals surface area contributed by atoms with Crippen molar-refractivity contribution in [3.05, 3.63) is 29.8 Å². The Balaban J connectivity index is 2.22. The van der Waals surface area contributed by atoms with E-state index >= 15 is 0 Å². The van der Waals surface area contributed by atoms with E-state index in [1.165, 1.54) is 12.0 Å². The first-order valence-electron chi connectivity index (χ1n) is 11.6. The lowest BCUT2D eigenvalue weighted by Gasteiger charge is -2.32. The molecule has 0 aromatic heterocycles. The van der Waals surface area contributed by atoms with Crippen molar-refractivity contribution >= 4 is 17.7 Å². The minimum atomic E-state index is -0.842. The molecular formula is C24H38N4O5. The zero-order valence-electron chi connectivity index (χ0n) is 20.2. The highest BCUT2D eigenvalue weighted by atomic mass is 16.5. The molecule has 184 valence electrons. The molecule has 0 aliphatic carbocycles. The van der Waals surface area contributed by atoms with Crippen LogP contribution >= 0.6 is 0 Å². The molecule has 3 unspecified atom stereocenters. The molecule has 3 atom stereocenters. The van der Waals surface area contributed by atoms with Crippen LogP contribution in [0.3, 0.4) is 0 Å². The van der Waals surface area contributed by atoms with E-state index < -0.39 is 18.0 Å². The summed E-state index contributed by atoms with van der Waals surface area (Å²) in [5.74, 6) is -0.0486. The number of hydrogen-bond donors (Lipinski definition) is 3. The minimum absolute atomic E-state index is 0.0306. The maximum atomic E-state index is 13.3. The Morgan fingerprint density at radius 3 is 2.67 bits per heavy atom. The Hall–Kier alpha value is -2.65. The van der Waals surface area contributed by atoms with Crippen molar-refractivity contribution in [2.75, 3.05) is 47.0 Å². The number of carbonyl (C=O) groups is 3. The van der Waals surface area contributed by atoms with Crippen LogP contribution in [0, 0.1) is 5.92 Å². The highest BCUT2D eigenvalue weighted by Gasteiger charge is 2.33. The van der Waals surface area contributed by atoms with Crippen LogP contribution in [0.1, 0.15) is 32.3 Å². The smallest absolute Gasteiger partial charge is 0.245 e. The van der Waals surface area contributed by atoms with Crippen molar-refractivity contribution in [1.29, 1.82) is 0 Å². The molecule has 3 amide bonds. The Morgan fingerprint density at radius 2 is 1.94 bits per heavy atom. The fourth-order valence-corrected chi connectivity index (χ4v) is 3.74. The molecule has 0 saturated carbocycles. The molecule has 1 aliphatic rings. The van der Waals surface area contributed by atoms with Gasteiger partial charge < -0.3 is 30.3 Å². The van der Waals surface area contributed by atoms with Crippen LogP contribution in [0.15, 0.2) is 24.3 Å². The molecule has 2 rings (SSSR count). The van der Waals surface area contributed by atoms with E-state index in [0.717, 1.165) is 30.6 Å². The van der Waals surface area contributed by atoms with E-state index in [0.29, 0.717) is 19.7 Å². The van der Waals surface area contributed by atoms with E-state index in [2.05, 4.69) is 16.0 Å². The highest BCUT2D eigenvalue weighted by Crippen LogP contribution is 2.19. The number of nitrogens with zero attached hydrogens (tertiary/aromatic N) is 1. The summed E-state index contributed by atoms with van der Waals surface area (Å²) >= 11 is 0. The molecule has 3 N–H and O–H groups in total. The molecule has 0 saturated heterocycles. The fourth-order valence-electron chi connectivity index (χ4n) is 3.74. The summed E-state index contributed by atoms with van der Waals surface area (Å²) in [6.07, 6.45) is 2.30. The maximum absolute atomic E-state index is 13.3. The Labute approximate surface area is 196 Å². The Bertz CT molecular complexity index is 788. The summed E-state index contributed by atoms with van der Waals surface area (Å²) in [7, 11) is 3.07. The number of nitrogens with one attached hydrogen (secondary N) is 3. The van der Waals surface area contributed by atoms with Crippen LogP contribution in [-0.4, -0.2) is 81.7 Å². The van der Waals surface area contributed by atoms with Crippen molar-refractivity contribution in [3.63, 3.8) is 0 Å². The van der Waals surface area contributed by atoms with E-state index in [9.17, 15) is 14.4 Å². The van der Waals surface area contributed by atoms with Gasteiger partial charge in [-0.1, -0.05) is 38.5 Å². The van der Waals surface area contributed by atoms with Gasteiger partial charge in [-0.15, -0.1) is 0 Å². The van der Waals surface area contributed by atoms with Gasteiger partial charge in [-0.2, -0.15) is 0 Å². The van der Waals surface area contributed by atoms with E-state index in [1.807, 2.05) is 38.1 Å². The normalized spacial score (nSPS) is 22.8. The number of ether oxygens (including phenoxy) is 2. The lowest BCUT2D eigenvalue weighted by Crippen LogP contribution is -2.57. The monoisotopic (exact) mass is 462 g/mol. The topological polar surface area (TPSA) is 109 Å². The van der Waals surface area contributed by atoms with Gasteiger partial charge in [0.2, 0.25) is 17.7 Å². The van der Waals surface area contributed by atoms with Gasteiger partial charge >= 0.3 is 0 Å². The SMILES string of the molecule is CCC(C)C1NCCOc2ccccc2CCCNC(=O)CNC(=O)C(COC)N(C)C1=O. The molecule has 0 spiro atoms. The minimum Gasteiger partial charge on any atom is -0.492 e. The number of likely N-dealkylation sites (N-methyl/N-ethyl adjacent to an activating group) is 1. The Kier molecular flexibility index (Phi) is 11.1. The predicted octanol–water partition coefficient (Wildman–Crippen LogP) is 0.722. The largest absolute Gasteiger partial charge is 0.492 e. The van der Waals surface area contributed by atoms with Crippen LogP contribution in [0.5, 0.6) is 5.75 Å². The van der Waals surface area contributed by atoms with Gasteiger partial charge in [0.15, 0.2) is 0 Å². The lowest BCUT2D eigenvalue weighted by molar-refractivity contribution is -0.143. The van der Waals surface area contributed by atoms with Gasteiger partial charge in [0.25, 0.3) is 0 Å². The van der Waals surface area contributed by atoms with Gasteiger partial charge in [0.1, 0.15) is 18.4 Å². The summed E-state index contributed by atoms with van der Waals surface area (Å²) in [5.41, 5.74) is 1.07. The molecule has 1 heterocycles. The molecular weight excluding hydrogens is 424 g/mol. The van der Waals surface area contributed by atoms with Gasteiger partial charge in [0.05, 0.1) is 19.2 Å². The summed E-state index contributed by atoms with van der Waals surface area (Å²) < 4.78 is 11.2. The molecule has 9 nitrogen and oxygen atoms in total. The molecule has 0 bridgehead atoms. The summed E-state index contributed by atoms with van der Waals surface area (Å²) in [6, 6.07) is 6.52. The van der Waals surface area contributed by atoms with Crippen LogP contribution in [0.4, 0.5) is 0 Å². The second kappa shape index (κ2) is 13.8. The third kappa shape index (κ3) is 8.01. The molecule has 1 aromatic carbocycles. The first-order valence-corrected chi connectivity index (χ1v) is 11.6. The van der Waals surface area contributed by atoms with Gasteiger partial charge in [0, 0.05) is 27.2 Å². The summed E-state index contributed by atoms with van der Waals surface area (Å²) in [5, 5.41) is 8.77. The lowest BCUT2D eigenvalue weighted by atomic mass is 9.97. The number of fused-ring (bicyclic) bond motifs is 1. The van der Waals surface area contributed by atoms with Crippen molar-refractivity contribution in [2.24, 2.45) is 5.92 Å². The third-order valence-electron chi connectivity index (χ3n) is 5.99. The first kappa shape index (κ1) is 26.6. The average Bonchev–Trinajstić information content (AvgIpc) is 2.82. The number of benzene rings is 1. The van der Waals surface area contributed by atoms with Crippen LogP contribution in [0.25, 0.3) is 0 Å². The number of carbonyl (C=O) groups excluding carboxylic acids is 3. The molecule has 0 fully saturated rings. The van der Waals surface area contributed by atoms with Crippen molar-refractivity contribution in [3.8, 4) is 5.75 Å². The van der Waals surface area contributed by atoms with E-state index in [1.54, 1.807) is 7.05 Å². The average molecular weight is 463 g/mol. The quantitative estimate of drug-likeness (QED) is 0.609. The third-order valence-corrected chi connectivity index (χ3v) is 5.99. The van der Waals surface area contributed by atoms with Crippen molar-refractivity contribution in [2.45, 2.75) is 45.2 Å². The molecule has 1 aromatic rings. The number of amides is 3. The molecule has 0 radical (unpaired) electrons. The number of methoxy groups -OCH3 is 1. The first-order chi connectivity index (χ1) is 15.9. The molecule has 33 heavy (non-hydrogen) atoms. The standard InChI is InChI=1S/C24H38N4O5/c1-5-17(2)22-24(31)28(3)19(16-32-4)23(30)27-15-21(29)25-12-8-10-18-9-6-7-11-20(18)33-14-13-26-22/h6-7,9,11,17,19,22,26H,5,8,10,12-16H2,1-4H3,(H,25,29)(H,27,30). The second-order valence-electron chi connectivity index (χ2n) is 8.37. The fraction of sp³-hybridized carbons (Fsp3) is 0.625. The van der Waals surface area contributed by atoms with E-state index in [4.69, 9.17) is 9.47 Å². The summed E-state index contributed by atoms with van der Waals surface area (Å²) in [4.78, 5) is 39.7. The molecule has 1 aliphatic heterocycles. The van der Waals surface area contributed by atoms with Crippen molar-refractivity contribution in [1.82, 2.24) is 20.9 Å². The van der Waals surface area contributed by atoms with Gasteiger partial charge in [-0.3, -0.25) is 14.4 Å². The maximum Gasteiger partial charge on any atom is 0.245 e. The summed E-state index contributed by atoms with van der Waals surface area (Å²) in [6.45, 7) is 5.27. The van der Waals surface area contributed by atoms with Crippen LogP contribution in [-0.2, 0) is 25.5 Å². The highest BCUT2D eigenvalue weighted by molar-refractivity contribution is 5.92. The van der Waals surface area contributed by atoms with Crippen LogP contribution < -0.4 is 20.7 Å². The number of para-hydroxylation sites is 1. The van der Waals surface area contributed by atoms with Crippen LogP contribution in [0.2, 0.25) is 0 Å². The molecule has 9 heteroatoms. The van der Waals surface area contributed by atoms with Gasteiger partial charge in [-0.25, -0.2) is 0 Å². The van der Waals surface area contributed by atoms with Crippen molar-refractivity contribution < 1.29 is 23.9 Å². The van der Waals surface area contributed by atoms with Gasteiger partial charge in [-0.05, 0) is 30.4 Å². The van der Waals surface area contributed by atoms with E-state index in [-0.39, 0.29) is 30.9 Å². The number of aryl methyl sites for hydroxylation is 1.